The summed E-state index contributed by atoms with van der Waals surface area (Å²) in [6.07, 6.45) is 1.43. The Labute approximate surface area is 139 Å². The number of esters is 1. The highest BCUT2D eigenvalue weighted by molar-refractivity contribution is 6.05. The lowest BCUT2D eigenvalue weighted by Gasteiger charge is -2.08. The third-order valence-electron chi connectivity index (χ3n) is 2.98. The summed E-state index contributed by atoms with van der Waals surface area (Å²) in [4.78, 5) is 38.8. The Balaban J connectivity index is 2.06. The molecule has 1 heterocycles. The summed E-state index contributed by atoms with van der Waals surface area (Å²) in [5.41, 5.74) is 1.29. The number of carbonyl (C=O) groups is 3. The van der Waals surface area contributed by atoms with Gasteiger partial charge in [0.1, 0.15) is 5.82 Å². The molecule has 1 aromatic heterocycles. The van der Waals surface area contributed by atoms with E-state index in [2.05, 4.69) is 15.6 Å². The van der Waals surface area contributed by atoms with E-state index in [9.17, 15) is 14.4 Å². The number of carbonyl (C=O) groups excluding carboxylic acids is 3. The van der Waals surface area contributed by atoms with Crippen molar-refractivity contribution in [2.24, 2.45) is 0 Å². The van der Waals surface area contributed by atoms with Crippen LogP contribution in [0.5, 0.6) is 0 Å². The maximum Gasteiger partial charge on any atom is 0.338 e. The molecule has 0 radical (unpaired) electrons. The Hall–Kier alpha value is -3.22. The molecule has 0 spiro atoms. The molecule has 1 aromatic carbocycles. The number of hydrogen-bond donors (Lipinski definition) is 2. The molecule has 24 heavy (non-hydrogen) atoms. The third-order valence-corrected chi connectivity index (χ3v) is 2.98. The van der Waals surface area contributed by atoms with E-state index in [1.807, 2.05) is 0 Å². The van der Waals surface area contributed by atoms with E-state index in [0.717, 1.165) is 0 Å². The first kappa shape index (κ1) is 17.1. The molecule has 0 atom stereocenters. The van der Waals surface area contributed by atoms with Crippen molar-refractivity contribution in [3.8, 4) is 0 Å². The number of nitrogens with one attached hydrogen (secondary N) is 2. The first-order chi connectivity index (χ1) is 11.5. The van der Waals surface area contributed by atoms with E-state index < -0.39 is 5.97 Å². The first-order valence-corrected chi connectivity index (χ1v) is 7.31. The predicted molar refractivity (Wildman–Crippen MR) is 88.9 cm³/mol. The number of aromatic nitrogens is 1. The van der Waals surface area contributed by atoms with Gasteiger partial charge < -0.3 is 15.4 Å². The molecular weight excluding hydrogens is 310 g/mol. The summed E-state index contributed by atoms with van der Waals surface area (Å²) >= 11 is 0. The van der Waals surface area contributed by atoms with E-state index in [-0.39, 0.29) is 11.8 Å². The van der Waals surface area contributed by atoms with E-state index in [0.29, 0.717) is 29.2 Å². The van der Waals surface area contributed by atoms with Crippen molar-refractivity contribution in [2.45, 2.75) is 13.8 Å². The van der Waals surface area contributed by atoms with Crippen LogP contribution in [0.1, 0.15) is 34.6 Å². The molecular formula is C17H17N3O4. The second-order valence-electron chi connectivity index (χ2n) is 4.86. The van der Waals surface area contributed by atoms with E-state index >= 15 is 0 Å². The highest BCUT2D eigenvalue weighted by Gasteiger charge is 2.10. The van der Waals surface area contributed by atoms with Crippen LogP contribution in [-0.2, 0) is 9.53 Å². The van der Waals surface area contributed by atoms with Crippen LogP contribution in [0, 0.1) is 0 Å². The highest BCUT2D eigenvalue weighted by Crippen LogP contribution is 2.13. The van der Waals surface area contributed by atoms with Crippen molar-refractivity contribution in [2.75, 3.05) is 17.2 Å². The van der Waals surface area contributed by atoms with Crippen LogP contribution in [0.15, 0.2) is 42.6 Å². The fourth-order valence-electron chi connectivity index (χ4n) is 1.93. The van der Waals surface area contributed by atoms with Gasteiger partial charge in [-0.25, -0.2) is 9.78 Å². The number of pyridine rings is 1. The van der Waals surface area contributed by atoms with Crippen LogP contribution in [0.4, 0.5) is 11.5 Å². The molecule has 7 heteroatoms. The predicted octanol–water partition coefficient (Wildman–Crippen LogP) is 2.47. The average Bonchev–Trinajstić information content (AvgIpc) is 2.55. The van der Waals surface area contributed by atoms with Crippen LogP contribution in [-0.4, -0.2) is 29.4 Å². The van der Waals surface area contributed by atoms with E-state index in [1.165, 1.54) is 25.3 Å². The maximum atomic E-state index is 12.2. The SMILES string of the molecule is CCOC(=O)c1ccc(NC(=O)c2ccnc(NC(C)=O)c2)cc1. The minimum atomic E-state index is -0.413. The van der Waals surface area contributed by atoms with Crippen LogP contribution < -0.4 is 10.6 Å². The summed E-state index contributed by atoms with van der Waals surface area (Å²) in [6, 6.07) is 9.38. The number of amides is 2. The lowest BCUT2D eigenvalue weighted by Crippen LogP contribution is -2.14. The zero-order valence-corrected chi connectivity index (χ0v) is 13.3. The van der Waals surface area contributed by atoms with Crippen LogP contribution in [0.25, 0.3) is 0 Å². The van der Waals surface area contributed by atoms with Crippen molar-refractivity contribution in [3.63, 3.8) is 0 Å². The van der Waals surface area contributed by atoms with Gasteiger partial charge in [0.05, 0.1) is 12.2 Å². The Morgan fingerprint density at radius 2 is 1.75 bits per heavy atom. The van der Waals surface area contributed by atoms with E-state index in [4.69, 9.17) is 4.74 Å². The van der Waals surface area contributed by atoms with Crippen LogP contribution >= 0.6 is 0 Å². The molecule has 7 nitrogen and oxygen atoms in total. The van der Waals surface area contributed by atoms with Crippen molar-refractivity contribution in [1.29, 1.82) is 0 Å². The molecule has 124 valence electrons. The number of hydrogen-bond acceptors (Lipinski definition) is 5. The van der Waals surface area contributed by atoms with Crippen molar-refractivity contribution in [3.05, 3.63) is 53.7 Å². The fourth-order valence-corrected chi connectivity index (χ4v) is 1.93. The topological polar surface area (TPSA) is 97.4 Å². The van der Waals surface area contributed by atoms with Gasteiger partial charge >= 0.3 is 5.97 Å². The summed E-state index contributed by atoms with van der Waals surface area (Å²) in [7, 11) is 0. The number of nitrogens with zero attached hydrogens (tertiary/aromatic N) is 1. The third kappa shape index (κ3) is 4.64. The smallest absolute Gasteiger partial charge is 0.338 e. The average molecular weight is 327 g/mol. The largest absolute Gasteiger partial charge is 0.462 e. The van der Waals surface area contributed by atoms with Gasteiger partial charge in [0, 0.05) is 24.4 Å². The van der Waals surface area contributed by atoms with Gasteiger partial charge in [-0.3, -0.25) is 9.59 Å². The van der Waals surface area contributed by atoms with Gasteiger partial charge in [-0.15, -0.1) is 0 Å². The zero-order chi connectivity index (χ0) is 17.5. The molecule has 0 unspecified atom stereocenters. The zero-order valence-electron chi connectivity index (χ0n) is 13.3. The molecule has 0 aliphatic heterocycles. The molecule has 0 saturated carbocycles. The number of rotatable bonds is 5. The minimum absolute atomic E-state index is 0.269. The highest BCUT2D eigenvalue weighted by atomic mass is 16.5. The molecule has 2 rings (SSSR count). The first-order valence-electron chi connectivity index (χ1n) is 7.31. The normalized spacial score (nSPS) is 9.92. The number of benzene rings is 1. The van der Waals surface area contributed by atoms with Crippen LogP contribution in [0.3, 0.4) is 0 Å². The standard InChI is InChI=1S/C17H17N3O4/c1-3-24-17(23)12-4-6-14(7-5-12)20-16(22)13-8-9-18-15(10-13)19-11(2)21/h4-10H,3H2,1-2H3,(H,20,22)(H,18,19,21). The summed E-state index contributed by atoms with van der Waals surface area (Å²) in [5, 5.41) is 5.22. The Morgan fingerprint density at radius 1 is 1.04 bits per heavy atom. The van der Waals surface area contributed by atoms with Gasteiger partial charge in [0.25, 0.3) is 5.91 Å². The van der Waals surface area contributed by atoms with Gasteiger partial charge in [-0.1, -0.05) is 0 Å². The number of anilines is 2. The quantitative estimate of drug-likeness (QED) is 0.822. The van der Waals surface area contributed by atoms with Crippen LogP contribution in [0.2, 0.25) is 0 Å². The Bertz CT molecular complexity index is 757. The Morgan fingerprint density at radius 3 is 2.38 bits per heavy atom. The summed E-state index contributed by atoms with van der Waals surface area (Å²) < 4.78 is 4.90. The van der Waals surface area contributed by atoms with Crippen molar-refractivity contribution in [1.82, 2.24) is 4.98 Å². The molecule has 2 N–H and O–H groups in total. The minimum Gasteiger partial charge on any atom is -0.462 e. The number of ether oxygens (including phenoxy) is 1. The fraction of sp³-hybridized carbons (Fsp3) is 0.176. The molecule has 0 bridgehead atoms. The maximum absolute atomic E-state index is 12.2. The molecule has 2 aromatic rings. The van der Waals surface area contributed by atoms with Crippen molar-refractivity contribution >= 4 is 29.3 Å². The van der Waals surface area contributed by atoms with Crippen molar-refractivity contribution < 1.29 is 19.1 Å². The lowest BCUT2D eigenvalue weighted by molar-refractivity contribution is -0.114. The lowest BCUT2D eigenvalue weighted by atomic mass is 10.2. The summed E-state index contributed by atoms with van der Waals surface area (Å²) in [6.45, 7) is 3.39. The van der Waals surface area contributed by atoms with Gasteiger partial charge in [0.15, 0.2) is 0 Å². The summed E-state index contributed by atoms with van der Waals surface area (Å²) in [5.74, 6) is -0.736. The van der Waals surface area contributed by atoms with E-state index in [1.54, 1.807) is 31.2 Å². The molecule has 2 amide bonds. The Kier molecular flexibility index (Phi) is 5.62. The second kappa shape index (κ2) is 7.87. The van der Waals surface area contributed by atoms with Gasteiger partial charge in [-0.05, 0) is 43.3 Å². The monoisotopic (exact) mass is 327 g/mol. The van der Waals surface area contributed by atoms with Gasteiger partial charge in [-0.2, -0.15) is 0 Å². The van der Waals surface area contributed by atoms with Gasteiger partial charge in [0.2, 0.25) is 5.91 Å². The molecule has 0 aliphatic rings. The second-order valence-corrected chi connectivity index (χ2v) is 4.86. The molecule has 0 aliphatic carbocycles. The molecule has 0 saturated heterocycles. The molecule has 0 fully saturated rings.